The molecule has 0 saturated carbocycles. The molecule has 18 nitrogen and oxygen atoms in total. The molecule has 0 rings (SSSR count). The maximum absolute atomic E-state index is 11.9. The van der Waals surface area contributed by atoms with Gasteiger partial charge >= 0.3 is 47.8 Å². The summed E-state index contributed by atoms with van der Waals surface area (Å²) in [5, 5.41) is 0. The Morgan fingerprint density at radius 3 is 0.510 bits per heavy atom. The molecule has 18 heteroatoms. The Kier molecular flexibility index (Phi) is 20.4. The van der Waals surface area contributed by atoms with Crippen LogP contribution in [0.25, 0.3) is 0 Å². The van der Waals surface area contributed by atoms with Crippen molar-refractivity contribution in [3.05, 3.63) is 0 Å². The number of hydrogen-bond acceptors (Lipinski definition) is 18. The lowest BCUT2D eigenvalue weighted by molar-refractivity contribution is -0.175. The molecule has 0 aliphatic rings. The molecule has 0 N–H and O–H groups in total. The first-order chi connectivity index (χ1) is 22.7. The van der Waals surface area contributed by atoms with Crippen LogP contribution in [0.5, 0.6) is 0 Å². The van der Waals surface area contributed by atoms with E-state index in [1.807, 2.05) is 0 Å². The van der Waals surface area contributed by atoms with Crippen molar-refractivity contribution in [3.63, 3.8) is 0 Å². The molecule has 0 aromatic carbocycles. The zero-order valence-corrected chi connectivity index (χ0v) is 29.3. The minimum Gasteiger partial charge on any atom is -0.465 e. The van der Waals surface area contributed by atoms with E-state index in [4.69, 9.17) is 47.4 Å². The summed E-state index contributed by atoms with van der Waals surface area (Å²) in [6.45, 7) is 4.45. The van der Waals surface area contributed by atoms with Crippen LogP contribution in [0.15, 0.2) is 0 Å². The normalized spacial score (nSPS) is 11.4. The number of rotatable bonds is 24. The molecule has 0 aromatic heterocycles. The second-order valence-electron chi connectivity index (χ2n) is 11.7. The van der Waals surface area contributed by atoms with Crippen LogP contribution in [0, 0.1) is 16.2 Å². The minimum absolute atomic E-state index is 0.363. The topological polar surface area (TPSA) is 229 Å². The first kappa shape index (κ1) is 44.7. The quantitative estimate of drug-likeness (QED) is 0.0981. The number of carbonyl (C=O) groups is 8. The molecule has 49 heavy (non-hydrogen) atoms. The first-order valence-electron chi connectivity index (χ1n) is 15.0. The molecule has 0 amide bonds. The largest absolute Gasteiger partial charge is 0.465 e. The Morgan fingerprint density at radius 2 is 0.388 bits per heavy atom. The zero-order valence-electron chi connectivity index (χ0n) is 29.3. The van der Waals surface area contributed by atoms with Crippen molar-refractivity contribution in [1.29, 1.82) is 0 Å². The van der Waals surface area contributed by atoms with Crippen molar-refractivity contribution < 1.29 is 85.7 Å². The second kappa shape index (κ2) is 22.3. The SMILES string of the molecule is CC(=O)OCC(COCC(COC(C)=O)(COC(C)=O)COC(C)=O)(COCC(COC(C)=O)(COC(C)=O)COC(C)=O)COC(C)=O. The predicted molar refractivity (Wildman–Crippen MR) is 162 cm³/mol. The van der Waals surface area contributed by atoms with Crippen LogP contribution in [0.4, 0.5) is 0 Å². The Morgan fingerprint density at radius 1 is 0.265 bits per heavy atom. The van der Waals surface area contributed by atoms with Crippen LogP contribution in [0.3, 0.4) is 0 Å². The fraction of sp³-hybridized carbons (Fsp3) is 0.742. The highest BCUT2D eigenvalue weighted by Gasteiger charge is 2.41. The lowest BCUT2D eigenvalue weighted by Gasteiger charge is -2.37. The van der Waals surface area contributed by atoms with Gasteiger partial charge in [-0.15, -0.1) is 0 Å². The number of ether oxygens (including phenoxy) is 10. The molecule has 0 aliphatic carbocycles. The van der Waals surface area contributed by atoms with Crippen LogP contribution in [0.2, 0.25) is 0 Å². The summed E-state index contributed by atoms with van der Waals surface area (Å²) in [7, 11) is 0. The molecule has 0 aliphatic heterocycles. The zero-order chi connectivity index (χ0) is 37.7. The third kappa shape index (κ3) is 21.3. The third-order valence-electron chi connectivity index (χ3n) is 6.29. The third-order valence-corrected chi connectivity index (χ3v) is 6.29. The average Bonchev–Trinajstić information content (AvgIpc) is 2.99. The van der Waals surface area contributed by atoms with E-state index in [9.17, 15) is 38.4 Å². The molecule has 280 valence electrons. The van der Waals surface area contributed by atoms with Gasteiger partial charge in [-0.05, 0) is 0 Å². The second-order valence-corrected chi connectivity index (χ2v) is 11.7. The first-order valence-corrected chi connectivity index (χ1v) is 15.0. The van der Waals surface area contributed by atoms with Gasteiger partial charge in [-0.3, -0.25) is 38.4 Å². The lowest BCUT2D eigenvalue weighted by Crippen LogP contribution is -2.48. The van der Waals surface area contributed by atoms with Gasteiger partial charge in [0.15, 0.2) is 0 Å². The Bertz CT molecular complexity index is 966. The fourth-order valence-electron chi connectivity index (χ4n) is 3.76. The van der Waals surface area contributed by atoms with Crippen molar-refractivity contribution in [3.8, 4) is 0 Å². The predicted octanol–water partition coefficient (Wildman–Crippen LogP) is 0.484. The van der Waals surface area contributed by atoms with Gasteiger partial charge in [-0.25, -0.2) is 0 Å². The maximum Gasteiger partial charge on any atom is 0.302 e. The van der Waals surface area contributed by atoms with Gasteiger partial charge in [0.25, 0.3) is 0 Å². The van der Waals surface area contributed by atoms with E-state index in [2.05, 4.69) is 0 Å². The minimum atomic E-state index is -1.44. The number of esters is 8. The van der Waals surface area contributed by atoms with E-state index in [1.54, 1.807) is 0 Å². The summed E-state index contributed by atoms with van der Waals surface area (Å²) in [5.74, 6) is -5.47. The molecule has 0 unspecified atom stereocenters. The van der Waals surface area contributed by atoms with Crippen LogP contribution in [0.1, 0.15) is 55.4 Å². The van der Waals surface area contributed by atoms with Gasteiger partial charge in [0.05, 0.1) is 42.7 Å². The summed E-state index contributed by atoms with van der Waals surface area (Å²) in [6.07, 6.45) is 0. The Hall–Kier alpha value is -4.32. The molecule has 0 radical (unpaired) electrons. The Balaban J connectivity index is 6.55. The maximum atomic E-state index is 11.9. The molecular formula is C31H48O18. The highest BCUT2D eigenvalue weighted by molar-refractivity contribution is 5.68. The van der Waals surface area contributed by atoms with E-state index in [1.165, 1.54) is 0 Å². The van der Waals surface area contributed by atoms with E-state index < -0.39 is 117 Å². The molecule has 0 aromatic rings. The summed E-state index contributed by atoms with van der Waals surface area (Å²) in [6, 6.07) is 0. The van der Waals surface area contributed by atoms with Crippen LogP contribution < -0.4 is 0 Å². The smallest absolute Gasteiger partial charge is 0.302 e. The lowest BCUT2D eigenvalue weighted by atomic mass is 9.89. The monoisotopic (exact) mass is 708 g/mol. The van der Waals surface area contributed by atoms with E-state index in [0.717, 1.165) is 55.4 Å². The van der Waals surface area contributed by atoms with Gasteiger partial charge in [0.2, 0.25) is 0 Å². The number of carbonyl (C=O) groups excluding carboxylic acids is 8. The molecule has 0 saturated heterocycles. The van der Waals surface area contributed by atoms with Crippen LogP contribution in [-0.4, -0.2) is 127 Å². The van der Waals surface area contributed by atoms with Gasteiger partial charge in [-0.2, -0.15) is 0 Å². The van der Waals surface area contributed by atoms with Crippen molar-refractivity contribution in [2.24, 2.45) is 16.2 Å². The van der Waals surface area contributed by atoms with Crippen LogP contribution >= 0.6 is 0 Å². The van der Waals surface area contributed by atoms with Crippen LogP contribution in [-0.2, 0) is 85.7 Å². The molecule has 0 fully saturated rings. The van der Waals surface area contributed by atoms with Crippen molar-refractivity contribution >= 4 is 47.8 Å². The highest BCUT2D eigenvalue weighted by atomic mass is 16.6. The summed E-state index contributed by atoms with van der Waals surface area (Å²) in [5.41, 5.74) is -4.24. The van der Waals surface area contributed by atoms with E-state index in [-0.39, 0.29) is 26.4 Å². The van der Waals surface area contributed by atoms with Gasteiger partial charge in [0, 0.05) is 55.4 Å². The van der Waals surface area contributed by atoms with E-state index >= 15 is 0 Å². The average molecular weight is 709 g/mol. The highest BCUT2D eigenvalue weighted by Crippen LogP contribution is 2.28. The Labute approximate surface area is 284 Å². The summed E-state index contributed by atoms with van der Waals surface area (Å²) >= 11 is 0. The van der Waals surface area contributed by atoms with Gasteiger partial charge in [-0.1, -0.05) is 0 Å². The molecule has 0 heterocycles. The number of hydrogen-bond donors (Lipinski definition) is 0. The van der Waals surface area contributed by atoms with Crippen molar-refractivity contribution in [2.75, 3.05) is 79.3 Å². The van der Waals surface area contributed by atoms with E-state index in [0.29, 0.717) is 0 Å². The van der Waals surface area contributed by atoms with Gasteiger partial charge in [0.1, 0.15) is 52.9 Å². The summed E-state index contributed by atoms with van der Waals surface area (Å²) < 4.78 is 53.5. The molecule has 0 atom stereocenters. The van der Waals surface area contributed by atoms with Gasteiger partial charge < -0.3 is 47.4 Å². The molecular weight excluding hydrogens is 660 g/mol. The summed E-state index contributed by atoms with van der Waals surface area (Å²) in [4.78, 5) is 93.8. The molecule has 0 bridgehead atoms. The fourth-order valence-corrected chi connectivity index (χ4v) is 3.76. The van der Waals surface area contributed by atoms with Crippen molar-refractivity contribution in [2.45, 2.75) is 55.4 Å². The standard InChI is InChI=1S/C31H48O18/c1-21(32)42-13-29(14-43-22(2)33,9-40-11-30(15-44-23(3)34,16-45-24(4)35)17-46-25(5)36)10-41-12-31(18-47-26(6)37,19-48-27(7)38)20-49-28(8)39/h9-20H2,1-8H3. The molecule has 0 spiro atoms. The van der Waals surface area contributed by atoms with Crippen molar-refractivity contribution in [1.82, 2.24) is 0 Å².